The molecule has 0 aliphatic rings. The molecule has 0 aromatic heterocycles. The maximum Gasteiger partial charge on any atom is 0.307 e. The van der Waals surface area contributed by atoms with Crippen LogP contribution in [0.4, 0.5) is 0 Å². The highest BCUT2D eigenvalue weighted by Crippen LogP contribution is 2.37. The quantitative estimate of drug-likeness (QED) is 0.363. The first-order valence-corrected chi connectivity index (χ1v) is 11.0. The number of carboxylic acid groups (broad SMARTS) is 1. The van der Waals surface area contributed by atoms with Crippen molar-refractivity contribution >= 4 is 17.7 Å². The van der Waals surface area contributed by atoms with Crippen LogP contribution in [0.2, 0.25) is 0 Å². The largest absolute Gasteiger partial charge is 0.481 e. The zero-order chi connectivity index (χ0) is 18.5. The monoisotopic (exact) mass is 364 g/mol. The lowest BCUT2D eigenvalue weighted by Crippen LogP contribution is -2.17. The average molecular weight is 365 g/mol. The topological polar surface area (TPSA) is 37.3 Å². The average Bonchev–Trinajstić information content (AvgIpc) is 2.63. The minimum atomic E-state index is -0.704. The molecule has 1 N–H and O–H groups in total. The van der Waals surface area contributed by atoms with Crippen molar-refractivity contribution in [3.8, 4) is 0 Å². The molecule has 142 valence electrons. The number of hydrogen-bond acceptors (Lipinski definition) is 2. The van der Waals surface area contributed by atoms with Crippen LogP contribution in [-0.2, 0) is 4.79 Å². The van der Waals surface area contributed by atoms with E-state index in [9.17, 15) is 9.90 Å². The van der Waals surface area contributed by atoms with Gasteiger partial charge in [0, 0.05) is 5.25 Å². The van der Waals surface area contributed by atoms with Crippen LogP contribution >= 0.6 is 11.8 Å². The second-order valence-corrected chi connectivity index (χ2v) is 8.37. The van der Waals surface area contributed by atoms with Crippen molar-refractivity contribution in [3.63, 3.8) is 0 Å². The smallest absolute Gasteiger partial charge is 0.307 e. The number of rotatable bonds is 14. The first-order valence-electron chi connectivity index (χ1n) is 9.99. The summed E-state index contributed by atoms with van der Waals surface area (Å²) in [5.41, 5.74) is 1.14. The number of benzene rings is 1. The predicted molar refractivity (Wildman–Crippen MR) is 110 cm³/mol. The van der Waals surface area contributed by atoms with Crippen molar-refractivity contribution in [1.82, 2.24) is 0 Å². The maximum atomic E-state index is 11.5. The lowest BCUT2D eigenvalue weighted by molar-refractivity contribution is -0.141. The van der Waals surface area contributed by atoms with Gasteiger partial charge >= 0.3 is 5.97 Å². The van der Waals surface area contributed by atoms with Crippen LogP contribution in [0.1, 0.15) is 83.0 Å². The van der Waals surface area contributed by atoms with Gasteiger partial charge in [0.15, 0.2) is 0 Å². The van der Waals surface area contributed by atoms with Crippen LogP contribution in [-0.4, -0.2) is 16.8 Å². The van der Waals surface area contributed by atoms with E-state index in [4.69, 9.17) is 0 Å². The second kappa shape index (κ2) is 13.3. The van der Waals surface area contributed by atoms with Gasteiger partial charge in [0.1, 0.15) is 0 Å². The van der Waals surface area contributed by atoms with Gasteiger partial charge < -0.3 is 5.11 Å². The molecule has 1 aromatic rings. The van der Waals surface area contributed by atoms with Crippen molar-refractivity contribution < 1.29 is 9.90 Å². The molecule has 3 heteroatoms. The summed E-state index contributed by atoms with van der Waals surface area (Å²) in [6, 6.07) is 10.1. The molecule has 0 bridgehead atoms. The summed E-state index contributed by atoms with van der Waals surface area (Å²) in [4.78, 5) is 11.5. The van der Waals surface area contributed by atoms with Crippen LogP contribution in [0.15, 0.2) is 30.3 Å². The third-order valence-corrected chi connectivity index (χ3v) is 6.52. The highest BCUT2D eigenvalue weighted by molar-refractivity contribution is 7.99. The molecule has 0 heterocycles. The molecule has 2 nitrogen and oxygen atoms in total. The predicted octanol–water partition coefficient (Wildman–Crippen LogP) is 6.96. The summed E-state index contributed by atoms with van der Waals surface area (Å²) in [6.07, 6.45) is 10.4. The fourth-order valence-electron chi connectivity index (χ4n) is 3.30. The Hall–Kier alpha value is -0.960. The molecule has 0 spiro atoms. The van der Waals surface area contributed by atoms with Gasteiger partial charge in [0.25, 0.3) is 0 Å². The number of unbranched alkanes of at least 4 members (excludes halogenated alkanes) is 2. The standard InChI is InChI=1S/C22H36O2S/c1-4-6-12-19(13-7-5-2)14-11-17-25-21(18(3)22(23)24)20-15-9-8-10-16-20/h8-10,15-16,18-19,21H,4-7,11-14,17H2,1-3H3,(H,23,24). The molecule has 25 heavy (non-hydrogen) atoms. The van der Waals surface area contributed by atoms with Crippen molar-refractivity contribution in [2.24, 2.45) is 11.8 Å². The number of hydrogen-bond donors (Lipinski definition) is 1. The first-order chi connectivity index (χ1) is 12.1. The third-order valence-electron chi connectivity index (χ3n) is 4.96. The Bertz CT molecular complexity index is 452. The van der Waals surface area contributed by atoms with E-state index in [-0.39, 0.29) is 11.2 Å². The van der Waals surface area contributed by atoms with E-state index in [2.05, 4.69) is 26.0 Å². The minimum Gasteiger partial charge on any atom is -0.481 e. The summed E-state index contributed by atoms with van der Waals surface area (Å²) < 4.78 is 0. The molecule has 0 radical (unpaired) electrons. The molecular weight excluding hydrogens is 328 g/mol. The molecule has 1 aromatic carbocycles. The fraction of sp³-hybridized carbons (Fsp3) is 0.682. The highest BCUT2D eigenvalue weighted by atomic mass is 32.2. The Morgan fingerprint density at radius 1 is 1.00 bits per heavy atom. The molecular formula is C22H36O2S. The van der Waals surface area contributed by atoms with E-state index in [0.717, 1.165) is 17.2 Å². The van der Waals surface area contributed by atoms with Gasteiger partial charge in [0.05, 0.1) is 5.92 Å². The molecule has 0 amide bonds. The van der Waals surface area contributed by atoms with Gasteiger partial charge in [-0.3, -0.25) is 4.79 Å². The van der Waals surface area contributed by atoms with Crippen LogP contribution in [0.5, 0.6) is 0 Å². The highest BCUT2D eigenvalue weighted by Gasteiger charge is 2.25. The minimum absolute atomic E-state index is 0.0448. The van der Waals surface area contributed by atoms with Crippen molar-refractivity contribution in [2.75, 3.05) is 5.75 Å². The Kier molecular flexibility index (Phi) is 11.7. The van der Waals surface area contributed by atoms with Gasteiger partial charge in [0.2, 0.25) is 0 Å². The number of carbonyl (C=O) groups is 1. The Balaban J connectivity index is 2.51. The molecule has 0 aliphatic carbocycles. The van der Waals surface area contributed by atoms with E-state index < -0.39 is 5.97 Å². The molecule has 2 atom stereocenters. The van der Waals surface area contributed by atoms with Gasteiger partial charge in [-0.05, 0) is 30.1 Å². The van der Waals surface area contributed by atoms with Crippen LogP contribution < -0.4 is 0 Å². The first kappa shape index (κ1) is 22.1. The third kappa shape index (κ3) is 8.80. The Morgan fingerprint density at radius 3 is 2.08 bits per heavy atom. The fourth-order valence-corrected chi connectivity index (χ4v) is 4.64. The zero-order valence-electron chi connectivity index (χ0n) is 16.2. The summed E-state index contributed by atoms with van der Waals surface area (Å²) in [7, 11) is 0. The molecule has 0 aliphatic heterocycles. The summed E-state index contributed by atoms with van der Waals surface area (Å²) >= 11 is 1.82. The summed E-state index contributed by atoms with van der Waals surface area (Å²) in [5.74, 6) is 0.840. The Morgan fingerprint density at radius 2 is 1.56 bits per heavy atom. The van der Waals surface area contributed by atoms with E-state index in [1.54, 1.807) is 0 Å². The number of thioether (sulfide) groups is 1. The van der Waals surface area contributed by atoms with Gasteiger partial charge in [-0.25, -0.2) is 0 Å². The summed E-state index contributed by atoms with van der Waals surface area (Å²) in [5, 5.41) is 9.48. The second-order valence-electron chi connectivity index (χ2n) is 7.12. The van der Waals surface area contributed by atoms with Crippen molar-refractivity contribution in [3.05, 3.63) is 35.9 Å². The van der Waals surface area contributed by atoms with Gasteiger partial charge in [-0.2, -0.15) is 11.8 Å². The lowest BCUT2D eigenvalue weighted by atomic mass is 9.92. The zero-order valence-corrected chi connectivity index (χ0v) is 17.1. The normalized spacial score (nSPS) is 13.8. The van der Waals surface area contributed by atoms with E-state index in [1.807, 2.05) is 36.9 Å². The van der Waals surface area contributed by atoms with Crippen LogP contribution in [0, 0.1) is 11.8 Å². The maximum absolute atomic E-state index is 11.5. The Labute approximate surface area is 158 Å². The molecule has 1 rings (SSSR count). The molecule has 2 unspecified atom stereocenters. The molecule has 0 saturated heterocycles. The van der Waals surface area contributed by atoms with Crippen molar-refractivity contribution in [2.45, 2.75) is 77.4 Å². The van der Waals surface area contributed by atoms with Gasteiger partial charge in [-0.15, -0.1) is 0 Å². The van der Waals surface area contributed by atoms with Crippen LogP contribution in [0.3, 0.4) is 0 Å². The van der Waals surface area contributed by atoms with E-state index in [0.29, 0.717) is 0 Å². The van der Waals surface area contributed by atoms with E-state index >= 15 is 0 Å². The molecule has 0 fully saturated rings. The SMILES string of the molecule is CCCCC(CCCC)CCCSC(c1ccccc1)C(C)C(=O)O. The van der Waals surface area contributed by atoms with Crippen LogP contribution in [0.25, 0.3) is 0 Å². The number of carboxylic acids is 1. The summed E-state index contributed by atoms with van der Waals surface area (Å²) in [6.45, 7) is 6.37. The lowest BCUT2D eigenvalue weighted by Gasteiger charge is -2.22. The van der Waals surface area contributed by atoms with Gasteiger partial charge in [-0.1, -0.05) is 89.6 Å². The van der Waals surface area contributed by atoms with E-state index in [1.165, 1.54) is 51.4 Å². The molecule has 0 saturated carbocycles. The number of aliphatic carboxylic acids is 1. The van der Waals surface area contributed by atoms with Crippen molar-refractivity contribution in [1.29, 1.82) is 0 Å².